The molecule has 0 bridgehead atoms. The summed E-state index contributed by atoms with van der Waals surface area (Å²) in [5.74, 6) is -0.204. The number of aryl methyl sites for hydroxylation is 1. The maximum Gasteiger partial charge on any atom is 0.240 e. The van der Waals surface area contributed by atoms with Gasteiger partial charge < -0.3 is 5.11 Å². The van der Waals surface area contributed by atoms with Crippen LogP contribution in [0.5, 0.6) is 5.75 Å². The zero-order valence-corrected chi connectivity index (χ0v) is 11.7. The first-order valence-corrected chi connectivity index (χ1v) is 6.44. The number of phenolic OH excluding ortho intramolecular Hbond substituents is 1. The fraction of sp³-hybridized carbons (Fsp3) is 0.467. The number of nitrogens with zero attached hydrogens (tertiary/aromatic N) is 1. The van der Waals surface area contributed by atoms with Crippen LogP contribution < -0.4 is 4.90 Å². The molecule has 4 heteroatoms. The highest BCUT2D eigenvalue weighted by atomic mass is 16.3. The van der Waals surface area contributed by atoms with Gasteiger partial charge in [0.15, 0.2) is 0 Å². The molecule has 1 aromatic carbocycles. The molecule has 1 atom stereocenters. The number of imide groups is 1. The van der Waals surface area contributed by atoms with E-state index >= 15 is 0 Å². The van der Waals surface area contributed by atoms with E-state index in [1.165, 1.54) is 11.0 Å². The predicted molar refractivity (Wildman–Crippen MR) is 72.9 cm³/mol. The second kappa shape index (κ2) is 4.37. The van der Waals surface area contributed by atoms with Gasteiger partial charge in [0.05, 0.1) is 11.1 Å². The Morgan fingerprint density at radius 1 is 1.32 bits per heavy atom. The SMILES string of the molecule is Cc1ccc(N2C(=O)CC(C)(C(C)C)C2=O)cc1O. The van der Waals surface area contributed by atoms with E-state index in [2.05, 4.69) is 0 Å². The standard InChI is InChI=1S/C15H19NO3/c1-9(2)15(4)8-13(18)16(14(15)19)11-6-5-10(3)12(17)7-11/h5-7,9,17H,8H2,1-4H3. The van der Waals surface area contributed by atoms with Gasteiger partial charge >= 0.3 is 0 Å². The third-order valence-electron chi connectivity index (χ3n) is 4.18. The normalized spacial score (nSPS) is 23.5. The van der Waals surface area contributed by atoms with Gasteiger partial charge in [-0.1, -0.05) is 19.9 Å². The average Bonchev–Trinajstić information content (AvgIpc) is 2.55. The van der Waals surface area contributed by atoms with E-state index < -0.39 is 5.41 Å². The van der Waals surface area contributed by atoms with Crippen LogP contribution in [0.4, 0.5) is 5.69 Å². The number of carbonyl (C=O) groups is 2. The molecule has 1 aliphatic rings. The summed E-state index contributed by atoms with van der Waals surface area (Å²) in [6.45, 7) is 7.49. The Kier molecular flexibility index (Phi) is 3.12. The molecule has 0 aromatic heterocycles. The quantitative estimate of drug-likeness (QED) is 0.832. The summed E-state index contributed by atoms with van der Waals surface area (Å²) in [4.78, 5) is 25.8. The van der Waals surface area contributed by atoms with Crippen molar-refractivity contribution in [1.29, 1.82) is 0 Å². The van der Waals surface area contributed by atoms with Gasteiger partial charge in [-0.2, -0.15) is 0 Å². The molecular weight excluding hydrogens is 242 g/mol. The lowest BCUT2D eigenvalue weighted by Crippen LogP contribution is -2.36. The molecule has 1 aromatic rings. The molecule has 1 saturated heterocycles. The van der Waals surface area contributed by atoms with Crippen LogP contribution in [0.25, 0.3) is 0 Å². The van der Waals surface area contributed by atoms with Gasteiger partial charge in [-0.25, -0.2) is 4.90 Å². The minimum atomic E-state index is -0.655. The number of anilines is 1. The summed E-state index contributed by atoms with van der Waals surface area (Å²) in [6, 6.07) is 4.87. The van der Waals surface area contributed by atoms with Crippen molar-refractivity contribution >= 4 is 17.5 Å². The minimum Gasteiger partial charge on any atom is -0.508 e. The van der Waals surface area contributed by atoms with Gasteiger partial charge in [0.1, 0.15) is 5.75 Å². The highest BCUT2D eigenvalue weighted by molar-refractivity contribution is 6.22. The van der Waals surface area contributed by atoms with Crippen molar-refractivity contribution in [3.8, 4) is 5.75 Å². The highest BCUT2D eigenvalue weighted by Crippen LogP contribution is 2.41. The van der Waals surface area contributed by atoms with E-state index in [0.29, 0.717) is 5.69 Å². The number of hydrogen-bond donors (Lipinski definition) is 1. The van der Waals surface area contributed by atoms with Gasteiger partial charge in [0.25, 0.3) is 0 Å². The molecule has 0 radical (unpaired) electrons. The zero-order chi connectivity index (χ0) is 14.4. The molecule has 2 rings (SSSR count). The van der Waals surface area contributed by atoms with Gasteiger partial charge in [-0.3, -0.25) is 9.59 Å². The zero-order valence-electron chi connectivity index (χ0n) is 11.7. The fourth-order valence-corrected chi connectivity index (χ4v) is 2.29. The Balaban J connectivity index is 2.43. The van der Waals surface area contributed by atoms with Crippen LogP contribution in [0.2, 0.25) is 0 Å². The lowest BCUT2D eigenvalue weighted by Gasteiger charge is -2.26. The lowest BCUT2D eigenvalue weighted by molar-refractivity contribution is -0.126. The summed E-state index contributed by atoms with van der Waals surface area (Å²) in [5.41, 5.74) is 0.509. The van der Waals surface area contributed by atoms with Crippen molar-refractivity contribution in [2.45, 2.75) is 34.1 Å². The molecule has 1 fully saturated rings. The third-order valence-corrected chi connectivity index (χ3v) is 4.18. The molecular formula is C15H19NO3. The summed E-state index contributed by atoms with van der Waals surface area (Å²) in [7, 11) is 0. The minimum absolute atomic E-state index is 0.0907. The molecule has 2 amide bonds. The van der Waals surface area contributed by atoms with Gasteiger partial charge in [-0.15, -0.1) is 0 Å². The average molecular weight is 261 g/mol. The van der Waals surface area contributed by atoms with Gasteiger partial charge in [0, 0.05) is 12.5 Å². The molecule has 4 nitrogen and oxygen atoms in total. The van der Waals surface area contributed by atoms with Crippen molar-refractivity contribution in [2.24, 2.45) is 11.3 Å². The number of hydrogen-bond acceptors (Lipinski definition) is 3. The van der Waals surface area contributed by atoms with Gasteiger partial charge in [0.2, 0.25) is 11.8 Å². The monoisotopic (exact) mass is 261 g/mol. The molecule has 1 aliphatic heterocycles. The van der Waals surface area contributed by atoms with E-state index in [0.717, 1.165) is 5.56 Å². The number of rotatable bonds is 2. The predicted octanol–water partition coefficient (Wildman–Crippen LogP) is 2.63. The molecule has 0 aliphatic carbocycles. The summed E-state index contributed by atoms with van der Waals surface area (Å²) in [5, 5.41) is 9.72. The van der Waals surface area contributed by atoms with Crippen molar-refractivity contribution in [3.05, 3.63) is 23.8 Å². The van der Waals surface area contributed by atoms with Crippen molar-refractivity contribution in [3.63, 3.8) is 0 Å². The summed E-state index contributed by atoms with van der Waals surface area (Å²) >= 11 is 0. The molecule has 19 heavy (non-hydrogen) atoms. The maximum atomic E-state index is 12.5. The number of benzene rings is 1. The Morgan fingerprint density at radius 3 is 2.42 bits per heavy atom. The molecule has 0 spiro atoms. The maximum absolute atomic E-state index is 12.5. The van der Waals surface area contributed by atoms with Crippen LogP contribution in [-0.2, 0) is 9.59 Å². The van der Waals surface area contributed by atoms with E-state index in [1.54, 1.807) is 19.1 Å². The third kappa shape index (κ3) is 2.01. The topological polar surface area (TPSA) is 57.6 Å². The van der Waals surface area contributed by atoms with Crippen LogP contribution in [0, 0.1) is 18.3 Å². The summed E-state index contributed by atoms with van der Waals surface area (Å²) in [6.07, 6.45) is 0.220. The Labute approximate surface area is 113 Å². The molecule has 1 unspecified atom stereocenters. The van der Waals surface area contributed by atoms with E-state index in [-0.39, 0.29) is 29.9 Å². The van der Waals surface area contributed by atoms with Crippen molar-refractivity contribution < 1.29 is 14.7 Å². The molecule has 1 N–H and O–H groups in total. The second-order valence-electron chi connectivity index (χ2n) is 5.75. The fourth-order valence-electron chi connectivity index (χ4n) is 2.29. The lowest BCUT2D eigenvalue weighted by atomic mass is 9.78. The number of carbonyl (C=O) groups excluding carboxylic acids is 2. The Hall–Kier alpha value is -1.84. The van der Waals surface area contributed by atoms with Crippen molar-refractivity contribution in [1.82, 2.24) is 0 Å². The second-order valence-corrected chi connectivity index (χ2v) is 5.75. The smallest absolute Gasteiger partial charge is 0.240 e. The van der Waals surface area contributed by atoms with Gasteiger partial charge in [-0.05, 0) is 31.4 Å². The Morgan fingerprint density at radius 2 is 1.95 bits per heavy atom. The highest BCUT2D eigenvalue weighted by Gasteiger charge is 2.50. The first-order chi connectivity index (χ1) is 8.77. The van der Waals surface area contributed by atoms with Crippen LogP contribution >= 0.6 is 0 Å². The number of aromatic hydroxyl groups is 1. The molecule has 1 heterocycles. The first kappa shape index (κ1) is 13.6. The van der Waals surface area contributed by atoms with E-state index in [1.807, 2.05) is 20.8 Å². The van der Waals surface area contributed by atoms with Crippen molar-refractivity contribution in [2.75, 3.05) is 4.90 Å². The van der Waals surface area contributed by atoms with E-state index in [9.17, 15) is 14.7 Å². The van der Waals surface area contributed by atoms with Crippen LogP contribution in [0.15, 0.2) is 18.2 Å². The largest absolute Gasteiger partial charge is 0.508 e. The van der Waals surface area contributed by atoms with Crippen LogP contribution in [-0.4, -0.2) is 16.9 Å². The van der Waals surface area contributed by atoms with E-state index in [4.69, 9.17) is 0 Å². The molecule has 0 saturated carbocycles. The Bertz CT molecular complexity index is 550. The number of phenols is 1. The van der Waals surface area contributed by atoms with Crippen LogP contribution in [0.1, 0.15) is 32.8 Å². The number of amides is 2. The van der Waals surface area contributed by atoms with Crippen LogP contribution in [0.3, 0.4) is 0 Å². The molecule has 102 valence electrons. The first-order valence-electron chi connectivity index (χ1n) is 6.44. The summed E-state index contributed by atoms with van der Waals surface area (Å²) < 4.78 is 0.